The minimum Gasteiger partial charge on any atom is -0.355 e. The number of hydrogen-bond acceptors (Lipinski definition) is 4. The van der Waals surface area contributed by atoms with E-state index in [4.69, 9.17) is 0 Å². The molecule has 2 rings (SSSR count). The van der Waals surface area contributed by atoms with Gasteiger partial charge in [-0.3, -0.25) is 4.79 Å². The van der Waals surface area contributed by atoms with Gasteiger partial charge in [0.2, 0.25) is 15.9 Å². The average Bonchev–Trinajstić information content (AvgIpc) is 3.29. The van der Waals surface area contributed by atoms with Crippen molar-refractivity contribution in [3.63, 3.8) is 0 Å². The van der Waals surface area contributed by atoms with Crippen molar-refractivity contribution < 1.29 is 13.2 Å². The lowest BCUT2D eigenvalue weighted by Crippen LogP contribution is -2.30. The van der Waals surface area contributed by atoms with Gasteiger partial charge in [-0.1, -0.05) is 12.1 Å². The monoisotopic (exact) mass is 325 g/mol. The highest BCUT2D eigenvalue weighted by Gasteiger charge is 2.27. The topological polar surface area (TPSA) is 87.3 Å². The molecule has 1 fully saturated rings. The van der Waals surface area contributed by atoms with Crippen molar-refractivity contribution in [2.24, 2.45) is 0 Å². The Morgan fingerprint density at radius 1 is 1.18 bits per heavy atom. The average molecular weight is 325 g/mol. The third-order valence-corrected chi connectivity index (χ3v) is 5.01. The van der Waals surface area contributed by atoms with E-state index in [0.29, 0.717) is 19.4 Å². The predicted octanol–water partition coefficient (Wildman–Crippen LogP) is 0.396. The Labute approximate surface area is 131 Å². The van der Waals surface area contributed by atoms with Gasteiger partial charge in [-0.25, -0.2) is 13.1 Å². The Morgan fingerprint density at radius 2 is 1.86 bits per heavy atom. The molecule has 0 bridgehead atoms. The summed E-state index contributed by atoms with van der Waals surface area (Å²) in [4.78, 5) is 11.9. The van der Waals surface area contributed by atoms with Crippen LogP contribution in [0.25, 0.3) is 0 Å². The maximum absolute atomic E-state index is 12.0. The van der Waals surface area contributed by atoms with Crippen molar-refractivity contribution in [2.45, 2.75) is 36.6 Å². The highest BCUT2D eigenvalue weighted by Crippen LogP contribution is 2.22. The van der Waals surface area contributed by atoms with Crippen LogP contribution in [-0.4, -0.2) is 40.5 Å². The Kier molecular flexibility index (Phi) is 5.93. The number of benzene rings is 1. The van der Waals surface area contributed by atoms with Gasteiger partial charge in [0.05, 0.1) is 4.90 Å². The van der Waals surface area contributed by atoms with E-state index >= 15 is 0 Å². The molecule has 0 radical (unpaired) electrons. The second-order valence-corrected chi connectivity index (χ2v) is 7.21. The fourth-order valence-electron chi connectivity index (χ4n) is 2.00. The molecule has 0 unspecified atom stereocenters. The van der Waals surface area contributed by atoms with E-state index in [2.05, 4.69) is 15.4 Å². The molecule has 0 aromatic heterocycles. The molecule has 122 valence electrons. The molecule has 1 aliphatic carbocycles. The van der Waals surface area contributed by atoms with Gasteiger partial charge in [-0.2, -0.15) is 0 Å². The van der Waals surface area contributed by atoms with Crippen LogP contribution in [0, 0.1) is 0 Å². The van der Waals surface area contributed by atoms with Crippen LogP contribution in [0.2, 0.25) is 0 Å². The zero-order chi connectivity index (χ0) is 16.0. The third-order valence-electron chi connectivity index (χ3n) is 3.47. The van der Waals surface area contributed by atoms with E-state index in [1.807, 2.05) is 7.05 Å². The van der Waals surface area contributed by atoms with Gasteiger partial charge in [0.15, 0.2) is 0 Å². The first-order chi connectivity index (χ1) is 10.5. The lowest BCUT2D eigenvalue weighted by molar-refractivity contribution is -0.121. The Balaban J connectivity index is 1.82. The molecule has 0 atom stereocenters. The number of sulfonamides is 1. The van der Waals surface area contributed by atoms with Crippen molar-refractivity contribution in [3.05, 3.63) is 29.8 Å². The lowest BCUT2D eigenvalue weighted by atomic mass is 10.1. The Bertz CT molecular complexity index is 595. The Morgan fingerprint density at radius 3 is 2.45 bits per heavy atom. The summed E-state index contributed by atoms with van der Waals surface area (Å²) in [5.74, 6) is 0.00217. The molecule has 0 saturated heterocycles. The zero-order valence-corrected chi connectivity index (χ0v) is 13.6. The van der Waals surface area contributed by atoms with E-state index in [9.17, 15) is 13.2 Å². The third kappa shape index (κ3) is 5.40. The van der Waals surface area contributed by atoms with E-state index in [1.165, 1.54) is 0 Å². The summed E-state index contributed by atoms with van der Waals surface area (Å²) in [5, 5.41) is 5.77. The van der Waals surface area contributed by atoms with Crippen molar-refractivity contribution in [1.82, 2.24) is 15.4 Å². The second kappa shape index (κ2) is 7.71. The van der Waals surface area contributed by atoms with Crippen molar-refractivity contribution in [3.8, 4) is 0 Å². The number of likely N-dealkylation sites (N-methyl/N-ethyl adjacent to an activating group) is 1. The molecule has 1 saturated carbocycles. The summed E-state index contributed by atoms with van der Waals surface area (Å²) in [6.07, 6.45) is 2.83. The predicted molar refractivity (Wildman–Crippen MR) is 85.0 cm³/mol. The van der Waals surface area contributed by atoms with E-state index in [-0.39, 0.29) is 16.8 Å². The van der Waals surface area contributed by atoms with Crippen LogP contribution in [-0.2, 0) is 21.2 Å². The van der Waals surface area contributed by atoms with E-state index < -0.39 is 10.0 Å². The van der Waals surface area contributed by atoms with Crippen molar-refractivity contribution >= 4 is 15.9 Å². The van der Waals surface area contributed by atoms with E-state index in [0.717, 1.165) is 24.9 Å². The molecule has 3 N–H and O–H groups in total. The van der Waals surface area contributed by atoms with Crippen LogP contribution < -0.4 is 15.4 Å². The molecule has 1 aliphatic rings. The first kappa shape index (κ1) is 16.9. The molecule has 1 amide bonds. The lowest BCUT2D eigenvalue weighted by Gasteiger charge is -2.07. The highest BCUT2D eigenvalue weighted by atomic mass is 32.2. The molecule has 1 aromatic rings. The summed E-state index contributed by atoms with van der Waals surface area (Å²) in [6.45, 7) is 1.35. The quantitative estimate of drug-likeness (QED) is 0.573. The number of hydrogen-bond donors (Lipinski definition) is 3. The number of aryl methyl sites for hydroxylation is 1. The smallest absolute Gasteiger partial charge is 0.240 e. The molecule has 6 nitrogen and oxygen atoms in total. The molecule has 0 aliphatic heterocycles. The van der Waals surface area contributed by atoms with Crippen molar-refractivity contribution in [2.75, 3.05) is 20.1 Å². The maximum atomic E-state index is 12.0. The number of rotatable bonds is 9. The first-order valence-corrected chi connectivity index (χ1v) is 9.02. The minimum absolute atomic E-state index is 0.00217. The van der Waals surface area contributed by atoms with Gasteiger partial charge < -0.3 is 10.6 Å². The van der Waals surface area contributed by atoms with Gasteiger partial charge in [0.25, 0.3) is 0 Å². The molecule has 0 spiro atoms. The molecular weight excluding hydrogens is 302 g/mol. The molecule has 22 heavy (non-hydrogen) atoms. The minimum atomic E-state index is -3.40. The van der Waals surface area contributed by atoms with Crippen LogP contribution >= 0.6 is 0 Å². The number of carbonyl (C=O) groups excluding carboxylic acids is 1. The van der Waals surface area contributed by atoms with Gasteiger partial charge in [0.1, 0.15) is 0 Å². The zero-order valence-electron chi connectivity index (χ0n) is 12.8. The SMILES string of the molecule is CNCCNC(=O)CCc1ccc(S(=O)(=O)NC2CC2)cc1. The van der Waals surface area contributed by atoms with Crippen LogP contribution in [0.5, 0.6) is 0 Å². The second-order valence-electron chi connectivity index (χ2n) is 5.49. The standard InChI is InChI=1S/C15H23N3O3S/c1-16-10-11-17-15(19)9-4-12-2-7-14(8-3-12)22(20,21)18-13-5-6-13/h2-3,7-8,13,16,18H,4-6,9-11H2,1H3,(H,17,19). The fraction of sp³-hybridized carbons (Fsp3) is 0.533. The van der Waals surface area contributed by atoms with Crippen molar-refractivity contribution in [1.29, 1.82) is 0 Å². The Hall–Kier alpha value is -1.44. The van der Waals surface area contributed by atoms with Crippen LogP contribution in [0.4, 0.5) is 0 Å². The summed E-state index contributed by atoms with van der Waals surface area (Å²) < 4.78 is 26.7. The largest absolute Gasteiger partial charge is 0.355 e. The summed E-state index contributed by atoms with van der Waals surface area (Å²) in [7, 11) is -1.56. The first-order valence-electron chi connectivity index (χ1n) is 7.54. The number of carbonyl (C=O) groups is 1. The molecule has 7 heteroatoms. The van der Waals surface area contributed by atoms with Crippen LogP contribution in [0.15, 0.2) is 29.2 Å². The molecular formula is C15H23N3O3S. The number of amides is 1. The summed E-state index contributed by atoms with van der Waals surface area (Å²) in [6, 6.07) is 6.83. The van der Waals surface area contributed by atoms with Crippen LogP contribution in [0.1, 0.15) is 24.8 Å². The van der Waals surface area contributed by atoms with Gasteiger partial charge in [-0.15, -0.1) is 0 Å². The highest BCUT2D eigenvalue weighted by molar-refractivity contribution is 7.89. The van der Waals surface area contributed by atoms with E-state index in [1.54, 1.807) is 24.3 Å². The summed E-state index contributed by atoms with van der Waals surface area (Å²) >= 11 is 0. The molecule has 0 heterocycles. The number of nitrogens with one attached hydrogen (secondary N) is 3. The van der Waals surface area contributed by atoms with Crippen LogP contribution in [0.3, 0.4) is 0 Å². The molecule has 1 aromatic carbocycles. The normalized spacial score (nSPS) is 14.8. The van der Waals surface area contributed by atoms with Gasteiger partial charge >= 0.3 is 0 Å². The van der Waals surface area contributed by atoms with Gasteiger partial charge in [0, 0.05) is 25.6 Å². The fourth-order valence-corrected chi connectivity index (χ4v) is 3.30. The van der Waals surface area contributed by atoms with Gasteiger partial charge in [-0.05, 0) is 44.0 Å². The maximum Gasteiger partial charge on any atom is 0.240 e. The summed E-state index contributed by atoms with van der Waals surface area (Å²) in [5.41, 5.74) is 0.953.